The summed E-state index contributed by atoms with van der Waals surface area (Å²) >= 11 is 2.69. The molecule has 32 heavy (non-hydrogen) atoms. The molecule has 0 atom stereocenters. The van der Waals surface area contributed by atoms with Crippen LogP contribution in [0.15, 0.2) is 34.2 Å². The van der Waals surface area contributed by atoms with E-state index in [2.05, 4.69) is 5.32 Å². The van der Waals surface area contributed by atoms with Gasteiger partial charge in [-0.2, -0.15) is 0 Å². The molecule has 2 aromatic heterocycles. The van der Waals surface area contributed by atoms with Crippen LogP contribution in [0.3, 0.4) is 0 Å². The summed E-state index contributed by atoms with van der Waals surface area (Å²) in [7, 11) is 0. The van der Waals surface area contributed by atoms with Crippen LogP contribution < -0.4 is 10.9 Å². The number of thiophene rings is 1. The first-order chi connectivity index (χ1) is 15.3. The van der Waals surface area contributed by atoms with Crippen molar-refractivity contribution in [2.45, 2.75) is 51.9 Å². The van der Waals surface area contributed by atoms with Gasteiger partial charge in [-0.15, -0.1) is 11.3 Å². The molecule has 6 nitrogen and oxygen atoms in total. The Hall–Kier alpha value is -2.23. The van der Waals surface area contributed by atoms with Gasteiger partial charge in [-0.3, -0.25) is 14.2 Å². The highest BCUT2D eigenvalue weighted by Crippen LogP contribution is 2.36. The number of aromatic nitrogens is 2. The van der Waals surface area contributed by atoms with Crippen molar-refractivity contribution >= 4 is 39.2 Å². The number of hydrogen-bond donors (Lipinski definition) is 1. The Morgan fingerprint density at radius 2 is 2.03 bits per heavy atom. The van der Waals surface area contributed by atoms with Gasteiger partial charge in [-0.25, -0.2) is 9.37 Å². The lowest BCUT2D eigenvalue weighted by Crippen LogP contribution is -2.28. The van der Waals surface area contributed by atoms with Crippen molar-refractivity contribution in [1.82, 2.24) is 14.9 Å². The Bertz CT molecular complexity index is 1140. The van der Waals surface area contributed by atoms with Crippen LogP contribution >= 0.6 is 23.1 Å². The van der Waals surface area contributed by atoms with Crippen molar-refractivity contribution in [2.75, 3.05) is 18.9 Å². The number of ether oxygens (including phenoxy) is 1. The van der Waals surface area contributed by atoms with E-state index >= 15 is 0 Å². The van der Waals surface area contributed by atoms with Crippen LogP contribution in [0.25, 0.3) is 21.3 Å². The van der Waals surface area contributed by atoms with Gasteiger partial charge in [-0.05, 0) is 51.8 Å². The van der Waals surface area contributed by atoms with Gasteiger partial charge in [0.25, 0.3) is 5.56 Å². The summed E-state index contributed by atoms with van der Waals surface area (Å²) in [6.45, 7) is 9.36. The van der Waals surface area contributed by atoms with Gasteiger partial charge in [0.05, 0.1) is 17.2 Å². The van der Waals surface area contributed by atoms with E-state index in [1.165, 1.54) is 35.2 Å². The Labute approximate surface area is 195 Å². The van der Waals surface area contributed by atoms with Gasteiger partial charge in [0, 0.05) is 30.1 Å². The second kappa shape index (κ2) is 11.1. The molecule has 1 amide bonds. The predicted octanol–water partition coefficient (Wildman–Crippen LogP) is 4.62. The summed E-state index contributed by atoms with van der Waals surface area (Å²) < 4.78 is 20.4. The largest absolute Gasteiger partial charge is 0.379 e. The standard InChI is InChI=1S/C23H28FN3O3S2/c1-5-27-22(29)20-19(16-7-9-17(24)10-8-16)15(4)32-21(20)26-23(27)31-13-18(28)25-11-6-12-30-14(2)3/h7-10,14H,5-6,11-13H2,1-4H3,(H,25,28). The molecule has 0 aliphatic rings. The quantitative estimate of drug-likeness (QED) is 0.262. The molecule has 0 unspecified atom stereocenters. The molecular formula is C23H28FN3O3S2. The lowest BCUT2D eigenvalue weighted by atomic mass is 10.0. The second-order valence-electron chi connectivity index (χ2n) is 7.58. The van der Waals surface area contributed by atoms with Gasteiger partial charge in [0.15, 0.2) is 5.16 Å². The molecule has 2 heterocycles. The number of carbonyl (C=O) groups is 1. The van der Waals surface area contributed by atoms with E-state index in [0.29, 0.717) is 35.1 Å². The Morgan fingerprint density at radius 3 is 2.69 bits per heavy atom. The first-order valence-electron chi connectivity index (χ1n) is 10.6. The molecule has 0 bridgehead atoms. The third kappa shape index (κ3) is 5.76. The lowest BCUT2D eigenvalue weighted by molar-refractivity contribution is -0.118. The zero-order valence-corrected chi connectivity index (χ0v) is 20.4. The topological polar surface area (TPSA) is 73.2 Å². The van der Waals surface area contributed by atoms with Crippen LogP contribution in [-0.2, 0) is 16.1 Å². The van der Waals surface area contributed by atoms with E-state index in [1.54, 1.807) is 16.7 Å². The average molecular weight is 478 g/mol. The maximum absolute atomic E-state index is 13.4. The summed E-state index contributed by atoms with van der Waals surface area (Å²) in [5, 5.41) is 3.94. The zero-order valence-electron chi connectivity index (χ0n) is 18.7. The highest BCUT2D eigenvalue weighted by atomic mass is 32.2. The molecule has 9 heteroatoms. The normalized spacial score (nSPS) is 11.4. The molecule has 3 rings (SSSR count). The number of nitrogens with one attached hydrogen (secondary N) is 1. The number of benzene rings is 1. The van der Waals surface area contributed by atoms with Crippen LogP contribution in [0, 0.1) is 12.7 Å². The minimum Gasteiger partial charge on any atom is -0.379 e. The number of amides is 1. The molecule has 3 aromatic rings. The number of aryl methyl sites for hydroxylation is 1. The molecule has 0 saturated heterocycles. The summed E-state index contributed by atoms with van der Waals surface area (Å²) in [6.07, 6.45) is 0.927. The molecular weight excluding hydrogens is 449 g/mol. The van der Waals surface area contributed by atoms with E-state index in [0.717, 1.165) is 22.4 Å². The zero-order chi connectivity index (χ0) is 23.3. The summed E-state index contributed by atoms with van der Waals surface area (Å²) in [4.78, 5) is 31.8. The van der Waals surface area contributed by atoms with Crippen molar-refractivity contribution in [2.24, 2.45) is 0 Å². The third-order valence-corrected chi connectivity index (χ3v) is 6.80. The van der Waals surface area contributed by atoms with Gasteiger partial charge in [-0.1, -0.05) is 23.9 Å². The summed E-state index contributed by atoms with van der Waals surface area (Å²) in [5.74, 6) is -0.247. The predicted molar refractivity (Wildman–Crippen MR) is 129 cm³/mol. The van der Waals surface area contributed by atoms with Crippen molar-refractivity contribution in [3.63, 3.8) is 0 Å². The van der Waals surface area contributed by atoms with Crippen molar-refractivity contribution in [1.29, 1.82) is 0 Å². The first kappa shape index (κ1) is 24.4. The highest BCUT2D eigenvalue weighted by Gasteiger charge is 2.20. The number of hydrogen-bond acceptors (Lipinski definition) is 6. The van der Waals surface area contributed by atoms with Crippen molar-refractivity contribution < 1.29 is 13.9 Å². The number of fused-ring (bicyclic) bond motifs is 1. The Kier molecular flexibility index (Phi) is 8.44. The maximum Gasteiger partial charge on any atom is 0.263 e. The van der Waals surface area contributed by atoms with Gasteiger partial charge in [0.1, 0.15) is 10.6 Å². The SMILES string of the molecule is CCn1c(SCC(=O)NCCCOC(C)C)nc2sc(C)c(-c3ccc(F)cc3)c2c1=O. The van der Waals surface area contributed by atoms with Crippen LogP contribution in [0.2, 0.25) is 0 Å². The lowest BCUT2D eigenvalue weighted by Gasteiger charge is -2.11. The monoisotopic (exact) mass is 477 g/mol. The minimum atomic E-state index is -0.320. The van der Waals surface area contributed by atoms with Gasteiger partial charge in [0.2, 0.25) is 5.91 Å². The third-order valence-electron chi connectivity index (χ3n) is 4.83. The molecule has 0 aliphatic heterocycles. The molecule has 0 aliphatic carbocycles. The molecule has 1 aromatic carbocycles. The number of carbonyl (C=O) groups excluding carboxylic acids is 1. The average Bonchev–Trinajstić information content (AvgIpc) is 3.08. The fourth-order valence-electron chi connectivity index (χ4n) is 3.33. The number of rotatable bonds is 10. The van der Waals surface area contributed by atoms with Crippen LogP contribution in [0.5, 0.6) is 0 Å². The van der Waals surface area contributed by atoms with Gasteiger partial charge >= 0.3 is 0 Å². The number of halogens is 1. The van der Waals surface area contributed by atoms with Crippen molar-refractivity contribution in [3.8, 4) is 11.1 Å². The fourth-order valence-corrected chi connectivity index (χ4v) is 5.31. The van der Waals surface area contributed by atoms with Crippen LogP contribution in [0.1, 0.15) is 32.1 Å². The van der Waals surface area contributed by atoms with E-state index in [1.807, 2.05) is 27.7 Å². The Morgan fingerprint density at radius 1 is 1.31 bits per heavy atom. The van der Waals surface area contributed by atoms with Crippen molar-refractivity contribution in [3.05, 3.63) is 45.3 Å². The molecule has 172 valence electrons. The van der Waals surface area contributed by atoms with E-state index in [-0.39, 0.29) is 29.1 Å². The van der Waals surface area contributed by atoms with E-state index < -0.39 is 0 Å². The number of nitrogens with zero attached hydrogens (tertiary/aromatic N) is 2. The highest BCUT2D eigenvalue weighted by molar-refractivity contribution is 7.99. The molecule has 0 spiro atoms. The minimum absolute atomic E-state index is 0.106. The smallest absolute Gasteiger partial charge is 0.263 e. The molecule has 0 saturated carbocycles. The second-order valence-corrected chi connectivity index (χ2v) is 9.72. The van der Waals surface area contributed by atoms with Gasteiger partial charge < -0.3 is 10.1 Å². The fraction of sp³-hybridized carbons (Fsp3) is 0.435. The molecule has 0 fully saturated rings. The number of thioether (sulfide) groups is 1. The van der Waals surface area contributed by atoms with Crippen LogP contribution in [-0.4, -0.2) is 40.5 Å². The van der Waals surface area contributed by atoms with E-state index in [4.69, 9.17) is 9.72 Å². The molecule has 0 radical (unpaired) electrons. The van der Waals surface area contributed by atoms with E-state index in [9.17, 15) is 14.0 Å². The first-order valence-corrected chi connectivity index (χ1v) is 12.4. The summed E-state index contributed by atoms with van der Waals surface area (Å²) in [6, 6.07) is 6.14. The molecule has 1 N–H and O–H groups in total. The summed E-state index contributed by atoms with van der Waals surface area (Å²) in [5.41, 5.74) is 1.44. The maximum atomic E-state index is 13.4. The van der Waals surface area contributed by atoms with Crippen LogP contribution in [0.4, 0.5) is 4.39 Å². The Balaban J connectivity index is 1.78.